The summed E-state index contributed by atoms with van der Waals surface area (Å²) in [5, 5.41) is 0. The zero-order valence-corrected chi connectivity index (χ0v) is 5.68. The number of nitrogens with one attached hydrogen (secondary N) is 1. The Kier molecular flexibility index (Phi) is 1.59. The van der Waals surface area contributed by atoms with Crippen LogP contribution < -0.4 is 0 Å². The van der Waals surface area contributed by atoms with Gasteiger partial charge in [-0.1, -0.05) is 18.2 Å². The highest BCUT2D eigenvalue weighted by Gasteiger charge is 1.91. The van der Waals surface area contributed by atoms with E-state index in [1.165, 1.54) is 0 Å². The van der Waals surface area contributed by atoms with Gasteiger partial charge in [-0.2, -0.15) is 0 Å². The Morgan fingerprint density at radius 1 is 1.50 bits per heavy atom. The van der Waals surface area contributed by atoms with E-state index in [-0.39, 0.29) is 0 Å². The van der Waals surface area contributed by atoms with Crippen LogP contribution in [0.3, 0.4) is 0 Å². The zero-order valence-electron chi connectivity index (χ0n) is 5.68. The predicted octanol–water partition coefficient (Wildman–Crippen LogP) is 3.23. The van der Waals surface area contributed by atoms with Crippen molar-refractivity contribution in [2.45, 2.75) is 6.92 Å². The molecular weight excluding hydrogens is 124 g/mol. The lowest BCUT2D eigenvalue weighted by molar-refractivity contribution is 1.50. The summed E-state index contributed by atoms with van der Waals surface area (Å²) in [5.41, 5.74) is 9.18. The Labute approximate surface area is 60.1 Å². The van der Waals surface area contributed by atoms with Crippen molar-refractivity contribution in [2.75, 3.05) is 0 Å². The minimum absolute atomic E-state index is 0.463. The van der Waals surface area contributed by atoms with Gasteiger partial charge in [-0.3, -0.25) is 0 Å². The average Bonchev–Trinajstić information content (AvgIpc) is 1.88. The first-order valence-corrected chi connectivity index (χ1v) is 2.94. The SMILES string of the molecule is [C-]#[N+]c1ccc([NH-])cc1C. The van der Waals surface area contributed by atoms with Crippen LogP contribution in [0.4, 0.5) is 11.4 Å². The summed E-state index contributed by atoms with van der Waals surface area (Å²) in [6.45, 7) is 8.56. The molecule has 2 heteroatoms. The van der Waals surface area contributed by atoms with E-state index in [1.807, 2.05) is 6.92 Å². The summed E-state index contributed by atoms with van der Waals surface area (Å²) in [6.07, 6.45) is 0. The molecule has 0 spiro atoms. The number of aryl methyl sites for hydroxylation is 1. The van der Waals surface area contributed by atoms with Crippen LogP contribution in [0.15, 0.2) is 18.2 Å². The Bertz CT molecular complexity index is 284. The molecule has 0 amide bonds. The molecule has 0 radical (unpaired) electrons. The summed E-state index contributed by atoms with van der Waals surface area (Å²) in [5.74, 6) is 0. The van der Waals surface area contributed by atoms with Crippen molar-refractivity contribution in [3.8, 4) is 0 Å². The van der Waals surface area contributed by atoms with Crippen molar-refractivity contribution in [3.63, 3.8) is 0 Å². The van der Waals surface area contributed by atoms with Crippen LogP contribution >= 0.6 is 0 Å². The molecule has 0 aliphatic carbocycles. The molecule has 0 saturated heterocycles. The summed E-state index contributed by atoms with van der Waals surface area (Å²) >= 11 is 0. The van der Waals surface area contributed by atoms with Crippen molar-refractivity contribution in [1.82, 2.24) is 0 Å². The van der Waals surface area contributed by atoms with E-state index in [4.69, 9.17) is 12.3 Å². The summed E-state index contributed by atoms with van der Waals surface area (Å²) in [7, 11) is 0. The second-order valence-electron chi connectivity index (χ2n) is 2.11. The maximum Gasteiger partial charge on any atom is 0.190 e. The largest absolute Gasteiger partial charge is 0.699 e. The third kappa shape index (κ3) is 1.08. The summed E-state index contributed by atoms with van der Waals surface area (Å²) in [4.78, 5) is 3.28. The molecule has 1 aromatic carbocycles. The van der Waals surface area contributed by atoms with Gasteiger partial charge in [0.25, 0.3) is 0 Å². The second kappa shape index (κ2) is 2.40. The highest BCUT2D eigenvalue weighted by atomic mass is 14.6. The lowest BCUT2D eigenvalue weighted by Gasteiger charge is -2.03. The lowest BCUT2D eigenvalue weighted by Crippen LogP contribution is -1.69. The van der Waals surface area contributed by atoms with Crippen molar-refractivity contribution >= 4 is 11.4 Å². The molecule has 0 heterocycles. The first kappa shape index (κ1) is 6.63. The molecule has 0 aliphatic rings. The van der Waals surface area contributed by atoms with Crippen LogP contribution in [-0.4, -0.2) is 0 Å². The van der Waals surface area contributed by atoms with Crippen LogP contribution in [0.5, 0.6) is 0 Å². The standard InChI is InChI=1S/C8H7N2/c1-6-5-7(9)3-4-8(6)10-2/h3-5,9H,1H3/q-1. The van der Waals surface area contributed by atoms with Gasteiger partial charge in [-0.05, 0) is 12.5 Å². The first-order chi connectivity index (χ1) is 4.74. The van der Waals surface area contributed by atoms with Gasteiger partial charge >= 0.3 is 0 Å². The molecule has 0 bridgehead atoms. The zero-order chi connectivity index (χ0) is 7.56. The third-order valence-corrected chi connectivity index (χ3v) is 1.32. The molecule has 0 atom stereocenters. The normalized spacial score (nSPS) is 8.80. The molecule has 2 nitrogen and oxygen atoms in total. The van der Waals surface area contributed by atoms with E-state index in [0.29, 0.717) is 11.4 Å². The van der Waals surface area contributed by atoms with Gasteiger partial charge in [-0.15, -0.1) is 5.69 Å². The van der Waals surface area contributed by atoms with Crippen LogP contribution in [0.25, 0.3) is 10.6 Å². The minimum atomic E-state index is 0.463. The molecule has 0 aliphatic heterocycles. The Hall–Kier alpha value is -1.49. The molecule has 0 fully saturated rings. The molecule has 10 heavy (non-hydrogen) atoms. The lowest BCUT2D eigenvalue weighted by atomic mass is 10.2. The van der Waals surface area contributed by atoms with Crippen molar-refractivity contribution in [1.29, 1.82) is 0 Å². The summed E-state index contributed by atoms with van der Waals surface area (Å²) in [6, 6.07) is 4.98. The van der Waals surface area contributed by atoms with Gasteiger partial charge in [0, 0.05) is 0 Å². The number of nitrogens with zero attached hydrogens (tertiary/aromatic N) is 1. The third-order valence-electron chi connectivity index (χ3n) is 1.32. The number of rotatable bonds is 0. The molecule has 50 valence electrons. The Morgan fingerprint density at radius 2 is 2.20 bits per heavy atom. The Balaban J connectivity index is 3.23. The first-order valence-electron chi connectivity index (χ1n) is 2.94. The van der Waals surface area contributed by atoms with Gasteiger partial charge < -0.3 is 5.73 Å². The van der Waals surface area contributed by atoms with Crippen LogP contribution in [0.2, 0.25) is 0 Å². The Morgan fingerprint density at radius 3 is 2.70 bits per heavy atom. The molecular formula is C8H7N2-. The van der Waals surface area contributed by atoms with E-state index < -0.39 is 0 Å². The van der Waals surface area contributed by atoms with E-state index in [1.54, 1.807) is 18.2 Å². The molecule has 1 rings (SSSR count). The van der Waals surface area contributed by atoms with Gasteiger partial charge in [0.1, 0.15) is 0 Å². The van der Waals surface area contributed by atoms with Gasteiger partial charge in [-0.25, -0.2) is 4.85 Å². The maximum atomic E-state index is 7.20. The van der Waals surface area contributed by atoms with E-state index >= 15 is 0 Å². The highest BCUT2D eigenvalue weighted by molar-refractivity contribution is 5.59. The predicted molar refractivity (Wildman–Crippen MR) is 41.4 cm³/mol. The van der Waals surface area contributed by atoms with Crippen LogP contribution in [0.1, 0.15) is 5.56 Å². The quantitative estimate of drug-likeness (QED) is 0.483. The number of hydrogen-bond acceptors (Lipinski definition) is 0. The fourth-order valence-electron chi connectivity index (χ4n) is 0.781. The maximum absolute atomic E-state index is 7.20. The minimum Gasteiger partial charge on any atom is -0.699 e. The van der Waals surface area contributed by atoms with Crippen molar-refractivity contribution in [3.05, 3.63) is 40.9 Å². The van der Waals surface area contributed by atoms with Crippen LogP contribution in [-0.2, 0) is 0 Å². The van der Waals surface area contributed by atoms with Crippen molar-refractivity contribution < 1.29 is 0 Å². The van der Waals surface area contributed by atoms with Gasteiger partial charge in [0.15, 0.2) is 5.69 Å². The average molecular weight is 131 g/mol. The fourth-order valence-corrected chi connectivity index (χ4v) is 0.781. The monoisotopic (exact) mass is 131 g/mol. The van der Waals surface area contributed by atoms with Crippen molar-refractivity contribution in [2.24, 2.45) is 0 Å². The topological polar surface area (TPSA) is 28.2 Å². The molecule has 1 aromatic rings. The summed E-state index contributed by atoms with van der Waals surface area (Å²) < 4.78 is 0. The van der Waals surface area contributed by atoms with Gasteiger partial charge in [0.2, 0.25) is 0 Å². The second-order valence-corrected chi connectivity index (χ2v) is 2.11. The highest BCUT2D eigenvalue weighted by Crippen LogP contribution is 2.22. The van der Waals surface area contributed by atoms with E-state index in [0.717, 1.165) is 5.56 Å². The number of benzene rings is 1. The molecule has 0 saturated carbocycles. The van der Waals surface area contributed by atoms with E-state index in [2.05, 4.69) is 4.85 Å². The molecule has 0 unspecified atom stereocenters. The molecule has 1 N–H and O–H groups in total. The number of hydrogen-bond donors (Lipinski definition) is 0. The smallest absolute Gasteiger partial charge is 0.190 e. The molecule has 0 aromatic heterocycles. The van der Waals surface area contributed by atoms with E-state index in [9.17, 15) is 0 Å². The fraction of sp³-hybridized carbons (Fsp3) is 0.125. The van der Waals surface area contributed by atoms with Gasteiger partial charge in [0.05, 0.1) is 6.57 Å². The van der Waals surface area contributed by atoms with Crippen LogP contribution in [0, 0.1) is 13.5 Å².